The molecule has 0 aromatic heterocycles. The van der Waals surface area contributed by atoms with Crippen molar-refractivity contribution >= 4 is 17.6 Å². The summed E-state index contributed by atoms with van der Waals surface area (Å²) >= 11 is 0. The number of nitrogens with zero attached hydrogens (tertiary/aromatic N) is 1. The highest BCUT2D eigenvalue weighted by molar-refractivity contribution is 5.78. The molecule has 5 nitrogen and oxygen atoms in total. The number of carboxylic acid groups (broad SMARTS) is 2. The maximum Gasteiger partial charge on any atom is 0.326 e. The van der Waals surface area contributed by atoms with E-state index in [-0.39, 0.29) is 6.54 Å². The Balaban J connectivity index is 3.12. The van der Waals surface area contributed by atoms with Crippen molar-refractivity contribution in [2.75, 3.05) is 11.4 Å². The Labute approximate surface area is 118 Å². The van der Waals surface area contributed by atoms with Gasteiger partial charge in [-0.1, -0.05) is 13.0 Å². The van der Waals surface area contributed by atoms with E-state index in [0.29, 0.717) is 0 Å². The van der Waals surface area contributed by atoms with Crippen LogP contribution in [0.1, 0.15) is 25.0 Å². The molecule has 110 valence electrons. The van der Waals surface area contributed by atoms with Gasteiger partial charge in [-0.3, -0.25) is 4.79 Å². The van der Waals surface area contributed by atoms with Gasteiger partial charge in [0, 0.05) is 12.2 Å². The quantitative estimate of drug-likeness (QED) is 0.835. The van der Waals surface area contributed by atoms with Crippen molar-refractivity contribution in [3.8, 4) is 0 Å². The van der Waals surface area contributed by atoms with Crippen LogP contribution in [0, 0.1) is 19.8 Å². The molecule has 0 aliphatic heterocycles. The second kappa shape index (κ2) is 6.41. The van der Waals surface area contributed by atoms with Gasteiger partial charge in [-0.25, -0.2) is 4.79 Å². The largest absolute Gasteiger partial charge is 0.481 e. The van der Waals surface area contributed by atoms with Crippen LogP contribution in [0.3, 0.4) is 0 Å². The number of benzene rings is 1. The minimum absolute atomic E-state index is 0.158. The number of aryl methyl sites for hydroxylation is 2. The zero-order chi connectivity index (χ0) is 15.4. The number of hydrogen-bond donors (Lipinski definition) is 2. The number of carbonyl (C=O) groups is 2. The molecule has 0 saturated heterocycles. The standard InChI is InChI=1S/C15H21NO4/c1-9-5-6-13(7-10(9)2)16(12(4)15(19)20)8-11(3)14(17)18/h5-7,11-12H,8H2,1-4H3,(H,17,18)(H,19,20). The van der Waals surface area contributed by atoms with Gasteiger partial charge in [0.15, 0.2) is 0 Å². The zero-order valence-electron chi connectivity index (χ0n) is 12.3. The lowest BCUT2D eigenvalue weighted by molar-refractivity contribution is -0.142. The second-order valence-corrected chi connectivity index (χ2v) is 5.17. The molecule has 0 aliphatic rings. The monoisotopic (exact) mass is 279 g/mol. The van der Waals surface area contributed by atoms with Gasteiger partial charge in [0.1, 0.15) is 6.04 Å². The molecule has 0 saturated carbocycles. The lowest BCUT2D eigenvalue weighted by Crippen LogP contribution is -2.43. The SMILES string of the molecule is Cc1ccc(N(CC(C)C(=O)O)C(C)C(=O)O)cc1C. The summed E-state index contributed by atoms with van der Waals surface area (Å²) in [6.45, 7) is 7.22. The van der Waals surface area contributed by atoms with Crippen LogP contribution in [0.2, 0.25) is 0 Å². The van der Waals surface area contributed by atoms with Crippen LogP contribution in [-0.2, 0) is 9.59 Å². The lowest BCUT2D eigenvalue weighted by Gasteiger charge is -2.30. The van der Waals surface area contributed by atoms with Crippen molar-refractivity contribution in [3.05, 3.63) is 29.3 Å². The van der Waals surface area contributed by atoms with Crippen molar-refractivity contribution < 1.29 is 19.8 Å². The molecule has 2 unspecified atom stereocenters. The third-order valence-electron chi connectivity index (χ3n) is 3.54. The first-order valence-electron chi connectivity index (χ1n) is 6.53. The van der Waals surface area contributed by atoms with E-state index in [2.05, 4.69) is 0 Å². The molecule has 1 rings (SSSR count). The van der Waals surface area contributed by atoms with E-state index in [9.17, 15) is 14.7 Å². The van der Waals surface area contributed by atoms with Gasteiger partial charge in [-0.05, 0) is 44.0 Å². The number of anilines is 1. The summed E-state index contributed by atoms with van der Waals surface area (Å²) < 4.78 is 0. The normalized spacial score (nSPS) is 13.6. The zero-order valence-corrected chi connectivity index (χ0v) is 12.3. The van der Waals surface area contributed by atoms with E-state index in [4.69, 9.17) is 5.11 Å². The summed E-state index contributed by atoms with van der Waals surface area (Å²) in [6.07, 6.45) is 0. The van der Waals surface area contributed by atoms with E-state index in [1.807, 2.05) is 32.0 Å². The summed E-state index contributed by atoms with van der Waals surface area (Å²) in [5.74, 6) is -2.55. The number of aliphatic carboxylic acids is 2. The Bertz CT molecular complexity index is 513. The molecular weight excluding hydrogens is 258 g/mol. The van der Waals surface area contributed by atoms with Crippen LogP contribution in [0.5, 0.6) is 0 Å². The average Bonchev–Trinajstić information content (AvgIpc) is 2.38. The Hall–Kier alpha value is -2.04. The fourth-order valence-corrected chi connectivity index (χ4v) is 1.90. The molecular formula is C15H21NO4. The highest BCUT2D eigenvalue weighted by Gasteiger charge is 2.25. The van der Waals surface area contributed by atoms with Crippen molar-refractivity contribution in [1.82, 2.24) is 0 Å². The van der Waals surface area contributed by atoms with Gasteiger partial charge in [-0.15, -0.1) is 0 Å². The van der Waals surface area contributed by atoms with Gasteiger partial charge < -0.3 is 15.1 Å². The van der Waals surface area contributed by atoms with Crippen LogP contribution in [0.25, 0.3) is 0 Å². The molecule has 0 aliphatic carbocycles. The molecule has 0 fully saturated rings. The lowest BCUT2D eigenvalue weighted by atomic mass is 10.1. The van der Waals surface area contributed by atoms with E-state index in [1.165, 1.54) is 0 Å². The summed E-state index contributed by atoms with van der Waals surface area (Å²) in [6, 6.07) is 4.86. The van der Waals surface area contributed by atoms with E-state index in [0.717, 1.165) is 16.8 Å². The van der Waals surface area contributed by atoms with Gasteiger partial charge in [0.05, 0.1) is 5.92 Å². The third kappa shape index (κ3) is 3.73. The minimum atomic E-state index is -0.971. The topological polar surface area (TPSA) is 77.8 Å². The fourth-order valence-electron chi connectivity index (χ4n) is 1.90. The van der Waals surface area contributed by atoms with E-state index in [1.54, 1.807) is 18.7 Å². The highest BCUT2D eigenvalue weighted by Crippen LogP contribution is 2.22. The van der Waals surface area contributed by atoms with E-state index >= 15 is 0 Å². The summed E-state index contributed by atoms with van der Waals surface area (Å²) in [7, 11) is 0. The van der Waals surface area contributed by atoms with Crippen molar-refractivity contribution in [2.24, 2.45) is 5.92 Å². The molecule has 1 aromatic carbocycles. The van der Waals surface area contributed by atoms with Crippen LogP contribution in [0.4, 0.5) is 5.69 Å². The smallest absolute Gasteiger partial charge is 0.326 e. The van der Waals surface area contributed by atoms with Gasteiger partial charge in [0.25, 0.3) is 0 Å². The molecule has 0 amide bonds. The third-order valence-corrected chi connectivity index (χ3v) is 3.54. The van der Waals surface area contributed by atoms with E-state index < -0.39 is 23.9 Å². The molecule has 0 heterocycles. The van der Waals surface area contributed by atoms with Gasteiger partial charge in [0.2, 0.25) is 0 Å². The number of carboxylic acids is 2. The molecule has 2 atom stereocenters. The maximum atomic E-state index is 11.2. The second-order valence-electron chi connectivity index (χ2n) is 5.17. The van der Waals surface area contributed by atoms with Crippen LogP contribution in [-0.4, -0.2) is 34.7 Å². The summed E-state index contributed by atoms with van der Waals surface area (Å²) in [5, 5.41) is 18.2. The first kappa shape index (κ1) is 16.0. The first-order chi connectivity index (χ1) is 9.23. The predicted molar refractivity (Wildman–Crippen MR) is 77.2 cm³/mol. The fraction of sp³-hybridized carbons (Fsp3) is 0.467. The first-order valence-corrected chi connectivity index (χ1v) is 6.53. The molecule has 0 bridgehead atoms. The maximum absolute atomic E-state index is 11.2. The Morgan fingerprint density at radius 2 is 1.70 bits per heavy atom. The molecule has 5 heteroatoms. The van der Waals surface area contributed by atoms with Crippen LogP contribution in [0.15, 0.2) is 18.2 Å². The van der Waals surface area contributed by atoms with Crippen molar-refractivity contribution in [2.45, 2.75) is 33.7 Å². The molecule has 2 N–H and O–H groups in total. The number of rotatable bonds is 6. The summed E-state index contributed by atoms with van der Waals surface area (Å²) in [4.78, 5) is 23.9. The molecule has 0 radical (unpaired) electrons. The average molecular weight is 279 g/mol. The van der Waals surface area contributed by atoms with Crippen LogP contribution >= 0.6 is 0 Å². The number of hydrogen-bond acceptors (Lipinski definition) is 3. The van der Waals surface area contributed by atoms with Crippen molar-refractivity contribution in [1.29, 1.82) is 0 Å². The Kier molecular flexibility index (Phi) is 5.13. The molecule has 0 spiro atoms. The van der Waals surface area contributed by atoms with Crippen LogP contribution < -0.4 is 4.90 Å². The predicted octanol–water partition coefficient (Wildman–Crippen LogP) is 2.30. The Morgan fingerprint density at radius 3 is 2.15 bits per heavy atom. The minimum Gasteiger partial charge on any atom is -0.481 e. The van der Waals surface area contributed by atoms with Gasteiger partial charge >= 0.3 is 11.9 Å². The Morgan fingerprint density at radius 1 is 1.10 bits per heavy atom. The molecule has 1 aromatic rings. The summed E-state index contributed by atoms with van der Waals surface area (Å²) in [5.41, 5.74) is 2.90. The van der Waals surface area contributed by atoms with Crippen molar-refractivity contribution in [3.63, 3.8) is 0 Å². The van der Waals surface area contributed by atoms with Gasteiger partial charge in [-0.2, -0.15) is 0 Å². The molecule has 20 heavy (non-hydrogen) atoms. The highest BCUT2D eigenvalue weighted by atomic mass is 16.4.